The Morgan fingerprint density at radius 1 is 0.838 bits per heavy atom. The van der Waals surface area contributed by atoms with E-state index in [9.17, 15) is 0 Å². The van der Waals surface area contributed by atoms with Crippen LogP contribution in [-0.4, -0.2) is 4.57 Å². The molecule has 0 spiro atoms. The van der Waals surface area contributed by atoms with Gasteiger partial charge in [0, 0.05) is 28.5 Å². The topological polar surface area (TPSA) is 127 Å². The van der Waals surface area contributed by atoms with Crippen molar-refractivity contribution in [1.82, 2.24) is 4.57 Å². The van der Waals surface area contributed by atoms with E-state index in [-0.39, 0.29) is 17.4 Å². The fourth-order valence-corrected chi connectivity index (χ4v) is 6.20. The molecular weight excluding hydrogens is 496 g/mol. The Bertz CT molecular complexity index is 1450. The minimum Gasteiger partial charge on any atom is -0.472 e. The van der Waals surface area contributed by atoms with Gasteiger partial charge in [-0.2, -0.15) is 0 Å². The molecule has 5 aromatic rings. The van der Waals surface area contributed by atoms with Crippen molar-refractivity contribution in [2.75, 3.05) is 0 Å². The second-order valence-corrected chi connectivity index (χ2v) is 10.1. The van der Waals surface area contributed by atoms with Crippen LogP contribution in [0.2, 0.25) is 0 Å². The van der Waals surface area contributed by atoms with Gasteiger partial charge in [-0.3, -0.25) is 0 Å². The van der Waals surface area contributed by atoms with Gasteiger partial charge in [0.2, 0.25) is 0 Å². The van der Waals surface area contributed by atoms with Crippen LogP contribution in [0.4, 0.5) is 0 Å². The summed E-state index contributed by atoms with van der Waals surface area (Å²) in [6.07, 6.45) is 12.9. The Kier molecular flexibility index (Phi) is 5.78. The predicted molar refractivity (Wildman–Crippen MR) is 119 cm³/mol. The second-order valence-electron chi connectivity index (χ2n) is 9.33. The summed E-state index contributed by atoms with van der Waals surface area (Å²) in [5, 5.41) is 0. The zero-order valence-corrected chi connectivity index (χ0v) is 20.4. The summed E-state index contributed by atoms with van der Waals surface area (Å²) < 4.78 is 50.2. The molecule has 2 atom stereocenters. The van der Waals surface area contributed by atoms with Gasteiger partial charge in [0.15, 0.2) is 0 Å². The van der Waals surface area contributed by atoms with Gasteiger partial charge in [0.1, 0.15) is 30.9 Å². The number of hydrogen-bond donors (Lipinski definition) is 0. The van der Waals surface area contributed by atoms with Crippen LogP contribution in [-0.2, 0) is 12.0 Å². The van der Waals surface area contributed by atoms with Crippen molar-refractivity contribution in [3.8, 4) is 0 Å². The number of imidazole rings is 1. The summed E-state index contributed by atoms with van der Waals surface area (Å²) in [6.45, 7) is 0.849. The van der Waals surface area contributed by atoms with Gasteiger partial charge < -0.3 is 8.83 Å². The Labute approximate surface area is 215 Å². The van der Waals surface area contributed by atoms with E-state index >= 15 is 0 Å². The number of halogens is 1. The van der Waals surface area contributed by atoms with Crippen LogP contribution >= 0.6 is 0 Å². The molecule has 2 unspecified atom stereocenters. The van der Waals surface area contributed by atoms with Crippen molar-refractivity contribution in [1.29, 1.82) is 0 Å². The zero-order chi connectivity index (χ0) is 25.6. The van der Waals surface area contributed by atoms with Crippen LogP contribution in [0.5, 0.6) is 0 Å². The van der Waals surface area contributed by atoms with E-state index < -0.39 is 10.2 Å². The average Bonchev–Trinajstić information content (AvgIpc) is 3.66. The molecule has 0 saturated heterocycles. The number of benzene rings is 2. The van der Waals surface area contributed by atoms with Crippen LogP contribution in [0.3, 0.4) is 0 Å². The highest BCUT2D eigenvalue weighted by Gasteiger charge is 2.60. The van der Waals surface area contributed by atoms with E-state index in [1.165, 1.54) is 33.6 Å². The maximum Gasteiger partial charge on any atom is 0.266 e. The summed E-state index contributed by atoms with van der Waals surface area (Å²) in [4.78, 5) is 0. The minimum atomic E-state index is -4.94. The number of aromatic nitrogens is 2. The van der Waals surface area contributed by atoms with E-state index in [1.54, 1.807) is 12.5 Å². The molecule has 0 amide bonds. The molecule has 2 aliphatic heterocycles. The first-order valence-electron chi connectivity index (χ1n) is 11.8. The Morgan fingerprint density at radius 2 is 1.43 bits per heavy atom. The van der Waals surface area contributed by atoms with E-state index in [1.807, 2.05) is 12.5 Å². The third kappa shape index (κ3) is 4.09. The highest BCUT2D eigenvalue weighted by atomic mass is 35.7. The van der Waals surface area contributed by atoms with Crippen LogP contribution < -0.4 is 23.2 Å². The molecular formula is C28H23ClN2O6. The molecule has 37 heavy (non-hydrogen) atoms. The molecule has 5 heterocycles. The van der Waals surface area contributed by atoms with E-state index in [4.69, 9.17) is 27.5 Å². The summed E-state index contributed by atoms with van der Waals surface area (Å²) in [5.41, 5.74) is 6.31. The second kappa shape index (κ2) is 9.02. The molecule has 9 heteroatoms. The van der Waals surface area contributed by atoms with E-state index in [2.05, 4.69) is 88.3 Å². The number of fused-ring (bicyclic) bond motifs is 1. The lowest BCUT2D eigenvalue weighted by Gasteiger charge is -2.49. The highest BCUT2D eigenvalue weighted by Crippen LogP contribution is 2.61. The summed E-state index contributed by atoms with van der Waals surface area (Å²) >= 11 is 0. The summed E-state index contributed by atoms with van der Waals surface area (Å²) in [5.74, 6) is 1.49. The fraction of sp³-hybridized carbons (Fsp3) is 0.179. The van der Waals surface area contributed by atoms with Crippen molar-refractivity contribution < 1.29 is 42.3 Å². The molecule has 2 bridgehead atoms. The lowest BCUT2D eigenvalue weighted by atomic mass is 9.55. The van der Waals surface area contributed by atoms with Gasteiger partial charge in [-0.05, 0) is 23.3 Å². The molecule has 0 fully saturated rings. The Hall–Kier alpha value is -3.66. The van der Waals surface area contributed by atoms with Gasteiger partial charge in [0.05, 0.1) is 25.1 Å². The smallest absolute Gasteiger partial charge is 0.266 e. The molecule has 0 N–H and O–H groups in total. The van der Waals surface area contributed by atoms with Crippen molar-refractivity contribution in [2.45, 2.75) is 30.3 Å². The standard InChI is InChI=1S/C28H23N2O2.ClHO4/c1-2-6-20(7-3-1)17-29-12-13-30-25-16-28(21-10-14-31-18-21,22-11-15-32-19-22)26(27(29)30)24-9-5-4-8-23(24)25;2-1(3,4)5/h1-15,18-19,25-26H,16-17H2;(H,2,3,4,5)/q+1;/p-1. The molecule has 3 aliphatic rings. The van der Waals surface area contributed by atoms with Crippen molar-refractivity contribution in [2.24, 2.45) is 0 Å². The van der Waals surface area contributed by atoms with Crippen LogP contribution in [0, 0.1) is 10.2 Å². The number of rotatable bonds is 4. The third-order valence-electron chi connectivity index (χ3n) is 7.50. The average molecular weight is 519 g/mol. The molecule has 2 aromatic carbocycles. The van der Waals surface area contributed by atoms with Gasteiger partial charge in [-0.15, -0.1) is 10.2 Å². The Morgan fingerprint density at radius 3 is 2.03 bits per heavy atom. The maximum atomic E-state index is 8.49. The Balaban J connectivity index is 0.000000463. The molecule has 188 valence electrons. The summed E-state index contributed by atoms with van der Waals surface area (Å²) in [6, 6.07) is 24.2. The SMILES string of the molecule is [O-][Cl+3]([O-])([O-])[O-].c1ccc(C[n+]2ccn3c2C2c4ccccc4C3CC2(c2ccoc2)c2ccoc2)cc1. The first kappa shape index (κ1) is 23.7. The van der Waals surface area contributed by atoms with Gasteiger partial charge in [-0.1, -0.05) is 54.6 Å². The van der Waals surface area contributed by atoms with Crippen molar-refractivity contribution in [3.63, 3.8) is 0 Å². The number of nitrogens with zero attached hydrogens (tertiary/aromatic N) is 2. The molecule has 8 rings (SSSR count). The minimum absolute atomic E-state index is 0.151. The number of furan rings is 2. The fourth-order valence-electron chi connectivity index (χ4n) is 6.20. The normalized spacial score (nSPS) is 19.0. The van der Waals surface area contributed by atoms with Crippen molar-refractivity contribution >= 4 is 0 Å². The quantitative estimate of drug-likeness (QED) is 0.322. The monoisotopic (exact) mass is 518 g/mol. The molecule has 8 nitrogen and oxygen atoms in total. The zero-order valence-electron chi connectivity index (χ0n) is 19.6. The lowest BCUT2D eigenvalue weighted by Crippen LogP contribution is -2.68. The first-order chi connectivity index (χ1) is 17.9. The van der Waals surface area contributed by atoms with E-state index in [0.29, 0.717) is 0 Å². The maximum absolute atomic E-state index is 8.49. The lowest BCUT2D eigenvalue weighted by molar-refractivity contribution is -2.00. The summed E-state index contributed by atoms with van der Waals surface area (Å²) in [7, 11) is -4.94. The van der Waals surface area contributed by atoms with Gasteiger partial charge >= 0.3 is 0 Å². The largest absolute Gasteiger partial charge is 0.472 e. The molecule has 1 aliphatic carbocycles. The van der Waals surface area contributed by atoms with Gasteiger partial charge in [-0.25, -0.2) is 27.8 Å². The van der Waals surface area contributed by atoms with Crippen LogP contribution in [0.1, 0.15) is 52.0 Å². The van der Waals surface area contributed by atoms with Crippen molar-refractivity contribution in [3.05, 3.63) is 138 Å². The van der Waals surface area contributed by atoms with Crippen LogP contribution in [0.25, 0.3) is 0 Å². The van der Waals surface area contributed by atoms with E-state index in [0.717, 1.165) is 13.0 Å². The van der Waals surface area contributed by atoms with Crippen LogP contribution in [0.15, 0.2) is 113 Å². The predicted octanol–water partition coefficient (Wildman–Crippen LogP) is 0.679. The number of hydrogen-bond acceptors (Lipinski definition) is 6. The molecule has 0 radical (unpaired) electrons. The highest BCUT2D eigenvalue weighted by molar-refractivity contribution is 5.54. The molecule has 3 aromatic heterocycles. The first-order valence-corrected chi connectivity index (χ1v) is 13.0. The molecule has 0 saturated carbocycles. The third-order valence-corrected chi connectivity index (χ3v) is 7.50. The van der Waals surface area contributed by atoms with Gasteiger partial charge in [0.25, 0.3) is 5.82 Å².